The van der Waals surface area contributed by atoms with Crippen molar-refractivity contribution in [3.8, 4) is 11.5 Å². The Morgan fingerprint density at radius 1 is 1.27 bits per heavy atom. The van der Waals surface area contributed by atoms with Gasteiger partial charge in [-0.2, -0.15) is 0 Å². The summed E-state index contributed by atoms with van der Waals surface area (Å²) in [5.74, 6) is 7.41. The van der Waals surface area contributed by atoms with E-state index in [0.717, 1.165) is 9.55 Å². The monoisotopic (exact) mass is 317 g/mol. The molecule has 22 heavy (non-hydrogen) atoms. The SMILES string of the molecule is COc1cc2nc(Cc3cccs3)n(N)c(=O)c2cc1OC. The van der Waals surface area contributed by atoms with Gasteiger partial charge in [0, 0.05) is 17.4 Å². The van der Waals surface area contributed by atoms with Crippen LogP contribution in [0.25, 0.3) is 10.9 Å². The topological polar surface area (TPSA) is 79.4 Å². The Bertz CT molecular complexity index is 872. The molecular weight excluding hydrogens is 302 g/mol. The van der Waals surface area contributed by atoms with E-state index in [4.69, 9.17) is 15.3 Å². The number of rotatable bonds is 4. The molecule has 0 radical (unpaired) electrons. The van der Waals surface area contributed by atoms with Crippen LogP contribution < -0.4 is 20.9 Å². The molecule has 0 aliphatic carbocycles. The minimum absolute atomic E-state index is 0.308. The van der Waals surface area contributed by atoms with Crippen LogP contribution in [0.4, 0.5) is 0 Å². The molecule has 1 aromatic carbocycles. The van der Waals surface area contributed by atoms with Crippen molar-refractivity contribution in [1.82, 2.24) is 9.66 Å². The first-order valence-electron chi connectivity index (χ1n) is 6.59. The lowest BCUT2D eigenvalue weighted by atomic mass is 10.2. The van der Waals surface area contributed by atoms with E-state index < -0.39 is 0 Å². The predicted molar refractivity (Wildman–Crippen MR) is 86.4 cm³/mol. The largest absolute Gasteiger partial charge is 0.493 e. The molecule has 0 aliphatic heterocycles. The molecular formula is C15H15N3O3S. The molecule has 114 valence electrons. The van der Waals surface area contributed by atoms with Gasteiger partial charge in [0.05, 0.1) is 25.1 Å². The van der Waals surface area contributed by atoms with Crippen molar-refractivity contribution in [2.24, 2.45) is 0 Å². The lowest BCUT2D eigenvalue weighted by molar-refractivity contribution is 0.355. The summed E-state index contributed by atoms with van der Waals surface area (Å²) >= 11 is 1.60. The number of aromatic nitrogens is 2. The molecule has 0 unspecified atom stereocenters. The van der Waals surface area contributed by atoms with Crippen LogP contribution in [0.3, 0.4) is 0 Å². The van der Waals surface area contributed by atoms with E-state index in [2.05, 4.69) is 4.98 Å². The van der Waals surface area contributed by atoms with Crippen LogP contribution in [0.1, 0.15) is 10.7 Å². The molecule has 0 saturated heterocycles. The molecule has 3 aromatic rings. The summed E-state index contributed by atoms with van der Waals surface area (Å²) < 4.78 is 11.6. The van der Waals surface area contributed by atoms with E-state index in [1.807, 2.05) is 17.5 Å². The number of methoxy groups -OCH3 is 2. The molecule has 2 N–H and O–H groups in total. The average Bonchev–Trinajstić information content (AvgIpc) is 3.04. The first kappa shape index (κ1) is 14.4. The van der Waals surface area contributed by atoms with Gasteiger partial charge >= 0.3 is 0 Å². The Hall–Kier alpha value is -2.54. The van der Waals surface area contributed by atoms with Crippen LogP contribution in [0, 0.1) is 0 Å². The molecule has 0 saturated carbocycles. The van der Waals surface area contributed by atoms with Crippen LogP contribution in [-0.2, 0) is 6.42 Å². The van der Waals surface area contributed by atoms with Crippen LogP contribution in [0.15, 0.2) is 34.4 Å². The second-order valence-corrected chi connectivity index (χ2v) is 5.72. The fourth-order valence-electron chi connectivity index (χ4n) is 2.27. The van der Waals surface area contributed by atoms with Gasteiger partial charge in [0.1, 0.15) is 5.82 Å². The van der Waals surface area contributed by atoms with E-state index in [1.54, 1.807) is 30.6 Å². The number of hydrogen-bond acceptors (Lipinski definition) is 6. The Kier molecular flexibility index (Phi) is 3.72. The maximum atomic E-state index is 12.5. The minimum Gasteiger partial charge on any atom is -0.493 e. The smallest absolute Gasteiger partial charge is 0.279 e. The normalized spacial score (nSPS) is 10.8. The lowest BCUT2D eigenvalue weighted by Crippen LogP contribution is -2.31. The summed E-state index contributed by atoms with van der Waals surface area (Å²) in [6.45, 7) is 0. The first-order valence-corrected chi connectivity index (χ1v) is 7.47. The van der Waals surface area contributed by atoms with Crippen molar-refractivity contribution < 1.29 is 9.47 Å². The van der Waals surface area contributed by atoms with Crippen LogP contribution in [0.2, 0.25) is 0 Å². The molecule has 2 aromatic heterocycles. The number of benzene rings is 1. The molecule has 7 heteroatoms. The van der Waals surface area contributed by atoms with E-state index in [-0.39, 0.29) is 5.56 Å². The van der Waals surface area contributed by atoms with Gasteiger partial charge < -0.3 is 15.3 Å². The van der Waals surface area contributed by atoms with Crippen molar-refractivity contribution in [3.05, 3.63) is 50.7 Å². The van der Waals surface area contributed by atoms with Gasteiger partial charge in [0.2, 0.25) is 0 Å². The maximum Gasteiger partial charge on any atom is 0.279 e. The highest BCUT2D eigenvalue weighted by Crippen LogP contribution is 2.30. The lowest BCUT2D eigenvalue weighted by Gasteiger charge is -2.11. The molecule has 3 rings (SSSR count). The zero-order valence-electron chi connectivity index (χ0n) is 12.2. The molecule has 0 aliphatic rings. The van der Waals surface area contributed by atoms with Gasteiger partial charge in [0.15, 0.2) is 11.5 Å². The second kappa shape index (κ2) is 5.69. The Morgan fingerprint density at radius 3 is 2.64 bits per heavy atom. The molecule has 0 fully saturated rings. The highest BCUT2D eigenvalue weighted by Gasteiger charge is 2.14. The van der Waals surface area contributed by atoms with Crippen molar-refractivity contribution in [3.63, 3.8) is 0 Å². The Balaban J connectivity index is 2.20. The third-order valence-electron chi connectivity index (χ3n) is 3.39. The van der Waals surface area contributed by atoms with Crippen molar-refractivity contribution in [1.29, 1.82) is 0 Å². The predicted octanol–water partition coefficient (Wildman–Crippen LogP) is 1.78. The average molecular weight is 317 g/mol. The summed E-state index contributed by atoms with van der Waals surface area (Å²) in [7, 11) is 3.06. The number of nitrogens with two attached hydrogens (primary N) is 1. The summed E-state index contributed by atoms with van der Waals surface area (Å²) in [5, 5.41) is 2.37. The highest BCUT2D eigenvalue weighted by molar-refractivity contribution is 7.09. The van der Waals surface area contributed by atoms with Gasteiger partial charge in [-0.3, -0.25) is 4.79 Å². The van der Waals surface area contributed by atoms with Gasteiger partial charge in [-0.25, -0.2) is 9.66 Å². The minimum atomic E-state index is -0.308. The van der Waals surface area contributed by atoms with Crippen molar-refractivity contribution >= 4 is 22.2 Å². The standard InChI is InChI=1S/C15H15N3O3S/c1-20-12-7-10-11(8-13(12)21-2)17-14(18(16)15(10)19)6-9-4-3-5-22-9/h3-5,7-8H,6,16H2,1-2H3. The number of thiophene rings is 1. The fourth-order valence-corrected chi connectivity index (χ4v) is 2.97. The molecule has 0 bridgehead atoms. The van der Waals surface area contributed by atoms with E-state index in [9.17, 15) is 4.79 Å². The van der Waals surface area contributed by atoms with Crippen LogP contribution >= 0.6 is 11.3 Å². The highest BCUT2D eigenvalue weighted by atomic mass is 32.1. The second-order valence-electron chi connectivity index (χ2n) is 4.68. The molecule has 0 amide bonds. The quantitative estimate of drug-likeness (QED) is 0.742. The first-order chi connectivity index (χ1) is 10.6. The summed E-state index contributed by atoms with van der Waals surface area (Å²) in [6.07, 6.45) is 0.508. The Labute approximate surface area is 130 Å². The molecule has 6 nitrogen and oxygen atoms in total. The fraction of sp³-hybridized carbons (Fsp3) is 0.200. The molecule has 0 spiro atoms. The number of nitrogens with zero attached hydrogens (tertiary/aromatic N) is 2. The number of ether oxygens (including phenoxy) is 2. The molecule has 2 heterocycles. The van der Waals surface area contributed by atoms with Gasteiger partial charge in [-0.15, -0.1) is 11.3 Å². The zero-order valence-corrected chi connectivity index (χ0v) is 13.0. The van der Waals surface area contributed by atoms with Gasteiger partial charge in [-0.1, -0.05) is 6.07 Å². The van der Waals surface area contributed by atoms with Gasteiger partial charge in [-0.05, 0) is 17.5 Å². The number of nitrogen functional groups attached to an aromatic ring is 1. The zero-order chi connectivity index (χ0) is 15.7. The van der Waals surface area contributed by atoms with E-state index in [0.29, 0.717) is 34.6 Å². The van der Waals surface area contributed by atoms with E-state index >= 15 is 0 Å². The van der Waals surface area contributed by atoms with Gasteiger partial charge in [0.25, 0.3) is 5.56 Å². The third-order valence-corrected chi connectivity index (χ3v) is 4.27. The van der Waals surface area contributed by atoms with E-state index in [1.165, 1.54) is 7.11 Å². The van der Waals surface area contributed by atoms with Crippen molar-refractivity contribution in [2.75, 3.05) is 20.1 Å². The summed E-state index contributed by atoms with van der Waals surface area (Å²) in [5.41, 5.74) is 0.230. The van der Waals surface area contributed by atoms with Crippen molar-refractivity contribution in [2.45, 2.75) is 6.42 Å². The maximum absolute atomic E-state index is 12.5. The Morgan fingerprint density at radius 2 is 2.00 bits per heavy atom. The summed E-state index contributed by atoms with van der Waals surface area (Å²) in [4.78, 5) is 18.0. The number of hydrogen-bond donors (Lipinski definition) is 1. The third kappa shape index (κ3) is 2.39. The molecule has 0 atom stereocenters. The summed E-state index contributed by atoms with van der Waals surface area (Å²) in [6, 6.07) is 7.22. The van der Waals surface area contributed by atoms with Crippen LogP contribution in [-0.4, -0.2) is 23.9 Å². The van der Waals surface area contributed by atoms with Crippen LogP contribution in [0.5, 0.6) is 11.5 Å². The number of fused-ring (bicyclic) bond motifs is 1.